The van der Waals surface area contributed by atoms with Crippen molar-refractivity contribution in [1.29, 1.82) is 0 Å². The summed E-state index contributed by atoms with van der Waals surface area (Å²) in [7, 11) is 1.69. The number of benzene rings is 1. The van der Waals surface area contributed by atoms with Crippen molar-refractivity contribution in [3.8, 4) is 11.1 Å². The van der Waals surface area contributed by atoms with Crippen LogP contribution in [0.5, 0.6) is 0 Å². The molecule has 0 spiro atoms. The molecule has 2 saturated heterocycles. The fourth-order valence-electron chi connectivity index (χ4n) is 5.07. The van der Waals surface area contributed by atoms with Gasteiger partial charge < -0.3 is 19.6 Å². The summed E-state index contributed by atoms with van der Waals surface area (Å²) in [6.07, 6.45) is 4.83. The van der Waals surface area contributed by atoms with E-state index >= 15 is 0 Å². The van der Waals surface area contributed by atoms with Gasteiger partial charge in [-0.2, -0.15) is 0 Å². The van der Waals surface area contributed by atoms with E-state index in [1.165, 1.54) is 0 Å². The molecule has 2 fully saturated rings. The van der Waals surface area contributed by atoms with Crippen LogP contribution in [-0.4, -0.2) is 106 Å². The lowest BCUT2D eigenvalue weighted by atomic mass is 10.0. The van der Waals surface area contributed by atoms with Crippen molar-refractivity contribution < 1.29 is 19.4 Å². The smallest absolute Gasteiger partial charge is 0.408 e. The molecule has 0 saturated carbocycles. The van der Waals surface area contributed by atoms with Gasteiger partial charge in [0.1, 0.15) is 6.54 Å². The predicted molar refractivity (Wildman–Crippen MR) is 146 cm³/mol. The molecule has 206 valence electrons. The Balaban J connectivity index is 1.34. The Bertz CT molecular complexity index is 1090. The topological polar surface area (TPSA) is 102 Å². The minimum atomic E-state index is -1.11. The fourth-order valence-corrected chi connectivity index (χ4v) is 5.07. The first-order chi connectivity index (χ1) is 18.1. The van der Waals surface area contributed by atoms with Crippen molar-refractivity contribution in [2.45, 2.75) is 51.7 Å². The molecule has 1 N–H and O–H groups in total. The van der Waals surface area contributed by atoms with Gasteiger partial charge in [0.25, 0.3) is 0 Å². The Morgan fingerprint density at radius 3 is 2.32 bits per heavy atom. The van der Waals surface area contributed by atoms with Crippen LogP contribution >= 0.6 is 0 Å². The molecule has 2 aliphatic rings. The minimum Gasteiger partial charge on any atom is -0.465 e. The number of likely N-dealkylation sites (N-methyl/N-ethyl adjacent to an activating group) is 1. The fraction of sp³-hybridized carbons (Fsp3) is 0.571. The van der Waals surface area contributed by atoms with Crippen LogP contribution in [0.2, 0.25) is 0 Å². The first-order valence-corrected chi connectivity index (χ1v) is 13.3. The molecule has 2 amide bonds. The molecule has 4 rings (SSSR count). The molecule has 0 aliphatic carbocycles. The highest BCUT2D eigenvalue weighted by Gasteiger charge is 2.29. The van der Waals surface area contributed by atoms with E-state index in [9.17, 15) is 14.7 Å². The van der Waals surface area contributed by atoms with E-state index in [4.69, 9.17) is 4.74 Å². The van der Waals surface area contributed by atoms with Crippen LogP contribution in [-0.2, 0) is 16.1 Å². The lowest BCUT2D eigenvalue weighted by Crippen LogP contribution is -2.50. The monoisotopic (exact) mass is 524 g/mol. The number of amides is 2. The lowest BCUT2D eigenvalue weighted by Gasteiger charge is -2.40. The SMILES string of the molecule is CN(Cc1cccc(-c2cnc(N3CCC(N4CCOCC4)CC3)nc2)c1)C(=O)CN(C(=O)O)C(C)(C)C. The Morgan fingerprint density at radius 1 is 1.05 bits per heavy atom. The molecule has 0 bridgehead atoms. The molecular formula is C28H40N6O4. The van der Waals surface area contributed by atoms with E-state index in [-0.39, 0.29) is 12.5 Å². The average Bonchev–Trinajstić information content (AvgIpc) is 2.91. The number of aromatic nitrogens is 2. The zero-order chi connectivity index (χ0) is 27.3. The third-order valence-corrected chi connectivity index (χ3v) is 7.39. The number of carboxylic acid groups (broad SMARTS) is 1. The number of rotatable bonds is 7. The van der Waals surface area contributed by atoms with Crippen LogP contribution in [0.4, 0.5) is 10.7 Å². The molecule has 0 radical (unpaired) electrons. The van der Waals surface area contributed by atoms with Gasteiger partial charge in [0, 0.05) is 69.3 Å². The Morgan fingerprint density at radius 2 is 1.71 bits per heavy atom. The van der Waals surface area contributed by atoms with E-state index in [0.29, 0.717) is 12.6 Å². The number of ether oxygens (including phenoxy) is 1. The van der Waals surface area contributed by atoms with E-state index in [0.717, 1.165) is 79.8 Å². The standard InChI is InChI=1S/C28H40N6O4/c1-28(2,3)34(27(36)37)20-25(35)31(4)19-21-6-5-7-22(16-21)23-17-29-26(30-18-23)33-10-8-24(9-11-33)32-12-14-38-15-13-32/h5-7,16-18,24H,8-15,19-20H2,1-4H3,(H,36,37). The van der Waals surface area contributed by atoms with Gasteiger partial charge in [-0.3, -0.25) is 14.6 Å². The summed E-state index contributed by atoms with van der Waals surface area (Å²) >= 11 is 0. The highest BCUT2D eigenvalue weighted by atomic mass is 16.5. The van der Waals surface area contributed by atoms with Crippen molar-refractivity contribution in [3.63, 3.8) is 0 Å². The number of nitrogens with zero attached hydrogens (tertiary/aromatic N) is 6. The normalized spacial score (nSPS) is 17.3. The van der Waals surface area contributed by atoms with E-state index in [1.54, 1.807) is 32.7 Å². The van der Waals surface area contributed by atoms with Gasteiger partial charge in [-0.1, -0.05) is 18.2 Å². The van der Waals surface area contributed by atoms with Crippen LogP contribution < -0.4 is 4.90 Å². The second-order valence-electron chi connectivity index (χ2n) is 11.1. The van der Waals surface area contributed by atoms with Crippen molar-refractivity contribution in [3.05, 3.63) is 42.2 Å². The molecule has 2 aliphatic heterocycles. The summed E-state index contributed by atoms with van der Waals surface area (Å²) < 4.78 is 5.49. The van der Waals surface area contributed by atoms with Crippen molar-refractivity contribution in [2.24, 2.45) is 0 Å². The first kappa shape index (κ1) is 27.8. The molecule has 1 aromatic carbocycles. The number of morpholine rings is 1. The van der Waals surface area contributed by atoms with Crippen LogP contribution in [0.3, 0.4) is 0 Å². The molecule has 1 aromatic heterocycles. The van der Waals surface area contributed by atoms with Crippen LogP contribution in [0.1, 0.15) is 39.2 Å². The second kappa shape index (κ2) is 12.1. The average molecular weight is 525 g/mol. The summed E-state index contributed by atoms with van der Waals surface area (Å²) in [5.74, 6) is 0.510. The second-order valence-corrected chi connectivity index (χ2v) is 11.1. The largest absolute Gasteiger partial charge is 0.465 e. The van der Waals surface area contributed by atoms with Crippen LogP contribution in [0.25, 0.3) is 11.1 Å². The molecule has 0 unspecified atom stereocenters. The van der Waals surface area contributed by atoms with Crippen molar-refractivity contribution >= 4 is 17.9 Å². The Hall–Kier alpha value is -3.24. The van der Waals surface area contributed by atoms with Crippen LogP contribution in [0.15, 0.2) is 36.7 Å². The maximum absolute atomic E-state index is 12.7. The maximum Gasteiger partial charge on any atom is 0.408 e. The molecule has 3 heterocycles. The molecule has 10 heteroatoms. The van der Waals surface area contributed by atoms with Gasteiger partial charge in [-0.25, -0.2) is 14.8 Å². The summed E-state index contributed by atoms with van der Waals surface area (Å²) in [6, 6.07) is 8.55. The first-order valence-electron chi connectivity index (χ1n) is 13.3. The molecule has 2 aromatic rings. The van der Waals surface area contributed by atoms with E-state index < -0.39 is 11.6 Å². The van der Waals surface area contributed by atoms with Crippen molar-refractivity contribution in [2.75, 3.05) is 57.9 Å². The number of carbonyl (C=O) groups excluding carboxylic acids is 1. The predicted octanol–water partition coefficient (Wildman–Crippen LogP) is 3.18. The number of anilines is 1. The summed E-state index contributed by atoms with van der Waals surface area (Å²) in [5.41, 5.74) is 2.18. The van der Waals surface area contributed by atoms with Gasteiger partial charge in [0.2, 0.25) is 11.9 Å². The third kappa shape index (κ3) is 6.99. The summed E-state index contributed by atoms with van der Waals surface area (Å²) in [4.78, 5) is 41.2. The lowest BCUT2D eigenvalue weighted by molar-refractivity contribution is -0.132. The number of piperidine rings is 1. The quantitative estimate of drug-likeness (QED) is 0.589. The zero-order valence-corrected chi connectivity index (χ0v) is 23.0. The molecule has 10 nitrogen and oxygen atoms in total. The summed E-state index contributed by atoms with van der Waals surface area (Å²) in [5, 5.41) is 9.49. The number of hydrogen-bond donors (Lipinski definition) is 1. The van der Waals surface area contributed by atoms with Crippen molar-refractivity contribution in [1.82, 2.24) is 24.7 Å². The van der Waals surface area contributed by atoms with E-state index in [1.807, 2.05) is 36.7 Å². The third-order valence-electron chi connectivity index (χ3n) is 7.39. The summed E-state index contributed by atoms with van der Waals surface area (Å²) in [6.45, 7) is 11.1. The number of carbonyl (C=O) groups is 2. The Kier molecular flexibility index (Phi) is 8.83. The molecule has 0 atom stereocenters. The van der Waals surface area contributed by atoms with Gasteiger partial charge in [-0.05, 0) is 50.8 Å². The maximum atomic E-state index is 12.7. The molecular weight excluding hydrogens is 484 g/mol. The van der Waals surface area contributed by atoms with Gasteiger partial charge in [-0.15, -0.1) is 0 Å². The number of hydrogen-bond acceptors (Lipinski definition) is 7. The van der Waals surface area contributed by atoms with Gasteiger partial charge in [0.05, 0.1) is 13.2 Å². The Labute approximate surface area is 225 Å². The zero-order valence-electron chi connectivity index (χ0n) is 23.0. The van der Waals surface area contributed by atoms with Gasteiger partial charge >= 0.3 is 6.09 Å². The highest BCUT2D eigenvalue weighted by Crippen LogP contribution is 2.24. The van der Waals surface area contributed by atoms with Crippen LogP contribution in [0, 0.1) is 0 Å². The van der Waals surface area contributed by atoms with Gasteiger partial charge in [0.15, 0.2) is 0 Å². The molecule has 38 heavy (non-hydrogen) atoms. The minimum absolute atomic E-state index is 0.186. The van der Waals surface area contributed by atoms with E-state index in [2.05, 4.69) is 19.8 Å². The highest BCUT2D eigenvalue weighted by molar-refractivity contribution is 5.82.